The summed E-state index contributed by atoms with van der Waals surface area (Å²) in [6.45, 7) is 5.38. The van der Waals surface area contributed by atoms with Gasteiger partial charge < -0.3 is 15.7 Å². The Bertz CT molecular complexity index is 808. The number of halogens is 2. The van der Waals surface area contributed by atoms with Crippen molar-refractivity contribution >= 4 is 40.8 Å². The predicted molar refractivity (Wildman–Crippen MR) is 105 cm³/mol. The third-order valence-corrected chi connectivity index (χ3v) is 6.47. The Labute approximate surface area is 167 Å². The minimum atomic E-state index is -0.183. The molecule has 6 nitrogen and oxygen atoms in total. The highest BCUT2D eigenvalue weighted by molar-refractivity contribution is 7.99. The number of hydrogen-bond donors (Lipinski definition) is 2. The standard InChI is InChI=1S/C17H21Cl2N5OS/c1-10-16(26-12-3-6-21-14(19)13(12)18)23-11(9-25)15(22-10)24-7-4-17(2,20)5-8-24/h3,6,25H,4-5,7-9,20H2,1-2H3. The second-order valence-corrected chi connectivity index (χ2v) is 8.47. The molecular formula is C17H21Cl2N5OS. The number of pyridine rings is 1. The van der Waals surface area contributed by atoms with Crippen LogP contribution in [-0.2, 0) is 6.61 Å². The van der Waals surface area contributed by atoms with E-state index in [1.807, 2.05) is 6.92 Å². The first kappa shape index (κ1) is 19.6. The first-order valence-corrected chi connectivity index (χ1v) is 9.88. The van der Waals surface area contributed by atoms with E-state index in [-0.39, 0.29) is 17.3 Å². The van der Waals surface area contributed by atoms with E-state index >= 15 is 0 Å². The molecule has 0 aliphatic carbocycles. The lowest BCUT2D eigenvalue weighted by Gasteiger charge is -2.38. The van der Waals surface area contributed by atoms with Crippen molar-refractivity contribution in [2.45, 2.75) is 48.8 Å². The van der Waals surface area contributed by atoms with Crippen molar-refractivity contribution in [1.29, 1.82) is 0 Å². The molecule has 0 aromatic carbocycles. The van der Waals surface area contributed by atoms with Crippen LogP contribution in [0.4, 0.5) is 5.82 Å². The van der Waals surface area contributed by atoms with Gasteiger partial charge in [0.15, 0.2) is 5.82 Å². The SMILES string of the molecule is Cc1nc(N2CCC(C)(N)CC2)c(CO)nc1Sc1ccnc(Cl)c1Cl. The highest BCUT2D eigenvalue weighted by Crippen LogP contribution is 2.37. The topological polar surface area (TPSA) is 88.2 Å². The van der Waals surface area contributed by atoms with Gasteiger partial charge in [-0.3, -0.25) is 0 Å². The molecule has 1 aliphatic heterocycles. The van der Waals surface area contributed by atoms with Crippen molar-refractivity contribution in [2.75, 3.05) is 18.0 Å². The summed E-state index contributed by atoms with van der Waals surface area (Å²) >= 11 is 13.6. The zero-order chi connectivity index (χ0) is 18.9. The quantitative estimate of drug-likeness (QED) is 0.741. The van der Waals surface area contributed by atoms with Gasteiger partial charge in [0.05, 0.1) is 17.3 Å². The fourth-order valence-corrected chi connectivity index (χ4v) is 4.11. The van der Waals surface area contributed by atoms with Gasteiger partial charge in [0.25, 0.3) is 0 Å². The summed E-state index contributed by atoms with van der Waals surface area (Å²) in [5, 5.41) is 11.1. The maximum atomic E-state index is 9.81. The maximum absolute atomic E-state index is 9.81. The molecule has 9 heteroatoms. The lowest BCUT2D eigenvalue weighted by Crippen LogP contribution is -2.48. The maximum Gasteiger partial charge on any atom is 0.153 e. The molecule has 0 saturated carbocycles. The summed E-state index contributed by atoms with van der Waals surface area (Å²) in [5.74, 6) is 0.726. The number of nitrogens with two attached hydrogens (primary N) is 1. The minimum Gasteiger partial charge on any atom is -0.390 e. The van der Waals surface area contributed by atoms with Gasteiger partial charge in [-0.15, -0.1) is 0 Å². The summed E-state index contributed by atoms with van der Waals surface area (Å²) in [7, 11) is 0. The van der Waals surface area contributed by atoms with Gasteiger partial charge in [-0.05, 0) is 32.8 Å². The number of anilines is 1. The lowest BCUT2D eigenvalue weighted by atomic mass is 9.91. The summed E-state index contributed by atoms with van der Waals surface area (Å²) in [4.78, 5) is 16.2. The molecule has 0 unspecified atom stereocenters. The van der Waals surface area contributed by atoms with Crippen LogP contribution in [0.15, 0.2) is 22.2 Å². The van der Waals surface area contributed by atoms with Crippen molar-refractivity contribution in [3.05, 3.63) is 33.8 Å². The summed E-state index contributed by atoms with van der Waals surface area (Å²) < 4.78 is 0. The Morgan fingerprint density at radius 2 is 2.00 bits per heavy atom. The van der Waals surface area contributed by atoms with Crippen LogP contribution in [0.2, 0.25) is 10.2 Å². The average Bonchev–Trinajstić information content (AvgIpc) is 2.60. The molecule has 3 rings (SSSR count). The number of aromatic nitrogens is 3. The van der Waals surface area contributed by atoms with Crippen molar-refractivity contribution < 1.29 is 5.11 Å². The van der Waals surface area contributed by atoms with E-state index < -0.39 is 0 Å². The van der Waals surface area contributed by atoms with E-state index in [9.17, 15) is 5.11 Å². The highest BCUT2D eigenvalue weighted by Gasteiger charge is 2.28. The average molecular weight is 414 g/mol. The summed E-state index contributed by atoms with van der Waals surface area (Å²) in [6, 6.07) is 1.78. The van der Waals surface area contributed by atoms with Gasteiger partial charge in [0, 0.05) is 29.7 Å². The molecule has 2 aromatic heterocycles. The van der Waals surface area contributed by atoms with E-state index in [2.05, 4.69) is 21.8 Å². The zero-order valence-electron chi connectivity index (χ0n) is 14.7. The van der Waals surface area contributed by atoms with Gasteiger partial charge in [0.1, 0.15) is 15.9 Å². The first-order valence-electron chi connectivity index (χ1n) is 8.31. The molecule has 0 atom stereocenters. The smallest absolute Gasteiger partial charge is 0.153 e. The van der Waals surface area contributed by atoms with Crippen LogP contribution < -0.4 is 10.6 Å². The van der Waals surface area contributed by atoms with E-state index in [1.54, 1.807) is 12.3 Å². The van der Waals surface area contributed by atoms with Gasteiger partial charge in [0.2, 0.25) is 0 Å². The second-order valence-electron chi connectivity index (χ2n) is 6.70. The largest absolute Gasteiger partial charge is 0.390 e. The molecule has 0 spiro atoms. The second kappa shape index (κ2) is 7.86. The fraction of sp³-hybridized carbons (Fsp3) is 0.471. The predicted octanol–water partition coefficient (Wildman–Crippen LogP) is 3.45. The molecule has 2 aromatic rings. The highest BCUT2D eigenvalue weighted by atomic mass is 35.5. The number of piperidine rings is 1. The third kappa shape index (κ3) is 4.23. The Morgan fingerprint density at radius 3 is 2.65 bits per heavy atom. The molecule has 1 fully saturated rings. The molecular weight excluding hydrogens is 393 g/mol. The van der Waals surface area contributed by atoms with Crippen LogP contribution >= 0.6 is 35.0 Å². The molecule has 26 heavy (non-hydrogen) atoms. The van der Waals surface area contributed by atoms with E-state index in [1.165, 1.54) is 11.8 Å². The van der Waals surface area contributed by atoms with Gasteiger partial charge in [-0.25, -0.2) is 15.0 Å². The van der Waals surface area contributed by atoms with Crippen LogP contribution in [0.1, 0.15) is 31.2 Å². The fourth-order valence-electron chi connectivity index (χ4n) is 2.79. The van der Waals surface area contributed by atoms with E-state index in [4.69, 9.17) is 33.9 Å². The zero-order valence-corrected chi connectivity index (χ0v) is 17.0. The van der Waals surface area contributed by atoms with Crippen molar-refractivity contribution in [3.8, 4) is 0 Å². The van der Waals surface area contributed by atoms with Gasteiger partial charge >= 0.3 is 0 Å². The number of nitrogens with zero attached hydrogens (tertiary/aromatic N) is 4. The first-order chi connectivity index (χ1) is 12.3. The summed E-state index contributed by atoms with van der Waals surface area (Å²) in [5.41, 5.74) is 7.39. The molecule has 1 saturated heterocycles. The number of hydrogen-bond acceptors (Lipinski definition) is 7. The van der Waals surface area contributed by atoms with Crippen LogP contribution in [0, 0.1) is 6.92 Å². The molecule has 1 aliphatic rings. The Kier molecular flexibility index (Phi) is 5.94. The van der Waals surface area contributed by atoms with Gasteiger partial charge in [-0.1, -0.05) is 35.0 Å². The number of aryl methyl sites for hydroxylation is 1. The third-order valence-electron chi connectivity index (χ3n) is 4.45. The van der Waals surface area contributed by atoms with Crippen molar-refractivity contribution in [3.63, 3.8) is 0 Å². The number of rotatable bonds is 4. The molecule has 0 amide bonds. The van der Waals surface area contributed by atoms with Crippen LogP contribution in [0.3, 0.4) is 0 Å². The van der Waals surface area contributed by atoms with Gasteiger partial charge in [-0.2, -0.15) is 0 Å². The van der Waals surface area contributed by atoms with Crippen molar-refractivity contribution in [2.24, 2.45) is 5.73 Å². The monoisotopic (exact) mass is 413 g/mol. The van der Waals surface area contributed by atoms with E-state index in [0.29, 0.717) is 15.7 Å². The Hall–Kier alpha value is -1.12. The Balaban J connectivity index is 1.89. The number of aliphatic hydroxyl groups excluding tert-OH is 1. The lowest BCUT2D eigenvalue weighted by molar-refractivity contribution is 0.274. The molecule has 3 N–H and O–H groups in total. The number of aliphatic hydroxyl groups is 1. The van der Waals surface area contributed by atoms with Crippen molar-refractivity contribution in [1.82, 2.24) is 15.0 Å². The Morgan fingerprint density at radius 1 is 1.31 bits per heavy atom. The van der Waals surface area contributed by atoms with E-state index in [0.717, 1.165) is 42.3 Å². The summed E-state index contributed by atoms with van der Waals surface area (Å²) in [6.07, 6.45) is 3.35. The molecule has 0 bridgehead atoms. The minimum absolute atomic E-state index is 0.147. The normalized spacial score (nSPS) is 16.8. The van der Waals surface area contributed by atoms with Crippen LogP contribution in [-0.4, -0.2) is 38.7 Å². The molecule has 140 valence electrons. The molecule has 3 heterocycles. The molecule has 0 radical (unpaired) electrons. The van der Waals surface area contributed by atoms with Crippen LogP contribution in [0.5, 0.6) is 0 Å². The van der Waals surface area contributed by atoms with Crippen LogP contribution in [0.25, 0.3) is 0 Å².